The van der Waals surface area contributed by atoms with E-state index in [0.29, 0.717) is 5.56 Å². The average Bonchev–Trinajstić information content (AvgIpc) is 2.99. The molecular weight excluding hydrogens is 358 g/mol. The smallest absolute Gasteiger partial charge is 0.316 e. The number of nitriles is 1. The van der Waals surface area contributed by atoms with Gasteiger partial charge in [0, 0.05) is 0 Å². The van der Waals surface area contributed by atoms with Gasteiger partial charge in [0.05, 0.1) is 39.4 Å². The maximum absolute atomic E-state index is 12.1. The van der Waals surface area contributed by atoms with Gasteiger partial charge in [0.1, 0.15) is 6.61 Å². The summed E-state index contributed by atoms with van der Waals surface area (Å²) in [5.74, 6) is -0.0612. The van der Waals surface area contributed by atoms with Crippen LogP contribution in [-0.2, 0) is 16.1 Å². The van der Waals surface area contributed by atoms with Gasteiger partial charge < -0.3 is 4.74 Å². The summed E-state index contributed by atoms with van der Waals surface area (Å²) < 4.78 is 7.21. The van der Waals surface area contributed by atoms with Gasteiger partial charge in [0.2, 0.25) is 0 Å². The number of nitrogens with zero attached hydrogens (tertiary/aromatic N) is 3. The Labute approximate surface area is 162 Å². The molecule has 2 aromatic carbocycles. The number of aromatic nitrogens is 2. The summed E-state index contributed by atoms with van der Waals surface area (Å²) in [4.78, 5) is 13.1. The normalized spacial score (nSPS) is 10.4. The molecule has 0 aliphatic carbocycles. The van der Waals surface area contributed by atoms with Crippen molar-refractivity contribution in [1.29, 1.82) is 5.26 Å². The first-order valence-electron chi connectivity index (χ1n) is 8.47. The Hall–Kier alpha value is -3.04. The summed E-state index contributed by atoms with van der Waals surface area (Å²) in [5.41, 5.74) is 4.33. The molecule has 0 bridgehead atoms. The van der Waals surface area contributed by atoms with Crippen molar-refractivity contribution in [1.82, 2.24) is 9.78 Å². The summed E-state index contributed by atoms with van der Waals surface area (Å²) in [6.45, 7) is 4.14. The van der Waals surface area contributed by atoms with Gasteiger partial charge in [0.15, 0.2) is 0 Å². The van der Waals surface area contributed by atoms with Crippen LogP contribution < -0.4 is 0 Å². The standard InChI is InChI=1S/C21H19N3O2S/c1-15-21(16(2)24(23-15)19-6-4-3-5-7-19)27-14-20(25)26-13-18-10-8-17(12-22)9-11-18/h3-11H,13-14H2,1-2H3. The molecule has 3 aromatic rings. The number of thioether (sulfide) groups is 1. The molecule has 0 spiro atoms. The first-order chi connectivity index (χ1) is 13.1. The summed E-state index contributed by atoms with van der Waals surface area (Å²) in [5, 5.41) is 13.4. The van der Waals surface area contributed by atoms with E-state index in [9.17, 15) is 4.79 Å². The van der Waals surface area contributed by atoms with E-state index in [1.165, 1.54) is 11.8 Å². The van der Waals surface area contributed by atoms with Crippen LogP contribution in [0.25, 0.3) is 5.69 Å². The van der Waals surface area contributed by atoms with E-state index in [0.717, 1.165) is 27.5 Å². The highest BCUT2D eigenvalue weighted by molar-refractivity contribution is 8.00. The molecule has 0 atom stereocenters. The second-order valence-corrected chi connectivity index (χ2v) is 6.99. The van der Waals surface area contributed by atoms with Crippen molar-refractivity contribution in [2.45, 2.75) is 25.3 Å². The van der Waals surface area contributed by atoms with Crippen LogP contribution in [0, 0.1) is 25.2 Å². The lowest BCUT2D eigenvalue weighted by Gasteiger charge is -2.06. The van der Waals surface area contributed by atoms with E-state index < -0.39 is 0 Å². The molecule has 0 amide bonds. The summed E-state index contributed by atoms with van der Waals surface area (Å²) in [6, 6.07) is 19.0. The predicted molar refractivity (Wildman–Crippen MR) is 105 cm³/mol. The van der Waals surface area contributed by atoms with Gasteiger partial charge in [-0.3, -0.25) is 4.79 Å². The summed E-state index contributed by atoms with van der Waals surface area (Å²) >= 11 is 1.44. The number of carbonyl (C=O) groups is 1. The minimum Gasteiger partial charge on any atom is -0.460 e. The van der Waals surface area contributed by atoms with Crippen LogP contribution in [-0.4, -0.2) is 21.5 Å². The fraction of sp³-hybridized carbons (Fsp3) is 0.190. The van der Waals surface area contributed by atoms with Crippen LogP contribution in [0.3, 0.4) is 0 Å². The van der Waals surface area contributed by atoms with Crippen molar-refractivity contribution in [2.24, 2.45) is 0 Å². The zero-order valence-electron chi connectivity index (χ0n) is 15.2. The Balaban J connectivity index is 1.59. The van der Waals surface area contributed by atoms with Crippen molar-refractivity contribution in [3.63, 3.8) is 0 Å². The molecule has 3 rings (SSSR count). The predicted octanol–water partition coefficient (Wildman–Crippen LogP) is 4.20. The van der Waals surface area contributed by atoms with E-state index in [4.69, 9.17) is 10.00 Å². The highest BCUT2D eigenvalue weighted by Gasteiger charge is 2.15. The molecule has 0 aliphatic heterocycles. The molecule has 0 saturated carbocycles. The van der Waals surface area contributed by atoms with Crippen LogP contribution in [0.2, 0.25) is 0 Å². The average molecular weight is 377 g/mol. The second-order valence-electron chi connectivity index (χ2n) is 6.01. The third-order valence-corrected chi connectivity index (χ3v) is 5.30. The molecule has 136 valence electrons. The number of esters is 1. The number of aryl methyl sites for hydroxylation is 1. The molecule has 1 heterocycles. The quantitative estimate of drug-likeness (QED) is 0.476. The van der Waals surface area contributed by atoms with Crippen LogP contribution in [0.4, 0.5) is 0 Å². The largest absolute Gasteiger partial charge is 0.460 e. The van der Waals surface area contributed by atoms with Gasteiger partial charge in [-0.2, -0.15) is 10.4 Å². The van der Waals surface area contributed by atoms with Crippen molar-refractivity contribution >= 4 is 17.7 Å². The van der Waals surface area contributed by atoms with Gasteiger partial charge in [-0.25, -0.2) is 4.68 Å². The molecule has 0 radical (unpaired) electrons. The number of hydrogen-bond acceptors (Lipinski definition) is 5. The van der Waals surface area contributed by atoms with E-state index in [1.54, 1.807) is 24.3 Å². The van der Waals surface area contributed by atoms with Gasteiger partial charge in [0.25, 0.3) is 0 Å². The van der Waals surface area contributed by atoms with Gasteiger partial charge in [-0.15, -0.1) is 11.8 Å². The van der Waals surface area contributed by atoms with E-state index in [-0.39, 0.29) is 18.3 Å². The van der Waals surface area contributed by atoms with Crippen LogP contribution in [0.15, 0.2) is 59.5 Å². The van der Waals surface area contributed by atoms with Crippen molar-refractivity contribution in [3.05, 3.63) is 77.1 Å². The minimum absolute atomic E-state index is 0.201. The third-order valence-electron chi connectivity index (χ3n) is 4.04. The van der Waals surface area contributed by atoms with Gasteiger partial charge in [-0.1, -0.05) is 30.3 Å². The maximum atomic E-state index is 12.1. The number of hydrogen-bond donors (Lipinski definition) is 0. The lowest BCUT2D eigenvalue weighted by molar-refractivity contribution is -0.141. The monoisotopic (exact) mass is 377 g/mol. The summed E-state index contributed by atoms with van der Waals surface area (Å²) in [7, 11) is 0. The molecule has 5 nitrogen and oxygen atoms in total. The van der Waals surface area contributed by atoms with Crippen LogP contribution in [0.5, 0.6) is 0 Å². The molecule has 0 aliphatic rings. The highest BCUT2D eigenvalue weighted by Crippen LogP contribution is 2.28. The van der Waals surface area contributed by atoms with E-state index in [2.05, 4.69) is 11.2 Å². The van der Waals surface area contributed by atoms with E-state index >= 15 is 0 Å². The topological polar surface area (TPSA) is 67.9 Å². The Kier molecular flexibility index (Phi) is 5.94. The molecule has 0 N–H and O–H groups in total. The van der Waals surface area contributed by atoms with Crippen LogP contribution >= 0.6 is 11.8 Å². The van der Waals surface area contributed by atoms with Crippen LogP contribution in [0.1, 0.15) is 22.5 Å². The lowest BCUT2D eigenvalue weighted by atomic mass is 10.2. The molecule has 0 saturated heterocycles. The number of para-hydroxylation sites is 1. The third kappa shape index (κ3) is 4.57. The van der Waals surface area contributed by atoms with Gasteiger partial charge in [-0.05, 0) is 43.7 Å². The Morgan fingerprint density at radius 2 is 1.85 bits per heavy atom. The fourth-order valence-electron chi connectivity index (χ4n) is 2.67. The summed E-state index contributed by atoms with van der Waals surface area (Å²) in [6.07, 6.45) is 0. The molecule has 6 heteroatoms. The molecular formula is C21H19N3O2S. The van der Waals surface area contributed by atoms with E-state index in [1.807, 2.05) is 48.9 Å². The molecule has 27 heavy (non-hydrogen) atoms. The first-order valence-corrected chi connectivity index (χ1v) is 9.46. The Bertz CT molecular complexity index is 973. The SMILES string of the molecule is Cc1nn(-c2ccccc2)c(C)c1SCC(=O)OCc1ccc(C#N)cc1. The van der Waals surface area contributed by atoms with Crippen molar-refractivity contribution in [2.75, 3.05) is 5.75 Å². The molecule has 0 fully saturated rings. The Morgan fingerprint density at radius 3 is 2.52 bits per heavy atom. The first kappa shape index (κ1) is 18.7. The second kappa shape index (κ2) is 8.56. The number of rotatable bonds is 6. The fourth-order valence-corrected chi connectivity index (χ4v) is 3.56. The number of benzene rings is 2. The zero-order valence-corrected chi connectivity index (χ0v) is 16.0. The van der Waals surface area contributed by atoms with Gasteiger partial charge >= 0.3 is 5.97 Å². The highest BCUT2D eigenvalue weighted by atomic mass is 32.2. The number of ether oxygens (including phenoxy) is 1. The maximum Gasteiger partial charge on any atom is 0.316 e. The lowest BCUT2D eigenvalue weighted by Crippen LogP contribution is -2.07. The molecule has 0 unspecified atom stereocenters. The number of carbonyl (C=O) groups excluding carboxylic acids is 1. The van der Waals surface area contributed by atoms with Crippen molar-refractivity contribution in [3.8, 4) is 11.8 Å². The zero-order chi connectivity index (χ0) is 19.2. The molecule has 1 aromatic heterocycles. The minimum atomic E-state index is -0.282. The van der Waals surface area contributed by atoms with Crippen molar-refractivity contribution < 1.29 is 9.53 Å². The Morgan fingerprint density at radius 1 is 1.15 bits per heavy atom.